The summed E-state index contributed by atoms with van der Waals surface area (Å²) in [5.74, 6) is -4.92. The molecular weight excluding hydrogens is 438 g/mol. The highest BCUT2D eigenvalue weighted by Gasteiger charge is 2.31. The van der Waals surface area contributed by atoms with E-state index in [0.29, 0.717) is 5.69 Å². The smallest absolute Gasteiger partial charge is 0.328 e. The van der Waals surface area contributed by atoms with Gasteiger partial charge in [0.25, 0.3) is 0 Å². The van der Waals surface area contributed by atoms with Gasteiger partial charge in [-0.05, 0) is 12.3 Å². The normalized spacial score (nSPS) is 14.6. The first-order chi connectivity index (χ1) is 15.4. The Hall–Kier alpha value is -3.52. The van der Waals surface area contributed by atoms with Gasteiger partial charge < -0.3 is 42.6 Å². The molecule has 14 heteroatoms. The number of amides is 4. The number of aromatic nitrogens is 2. The van der Waals surface area contributed by atoms with Gasteiger partial charge in [0.15, 0.2) is 0 Å². The molecule has 1 aromatic heterocycles. The first kappa shape index (κ1) is 27.5. The molecule has 4 atom stereocenters. The fraction of sp³-hybridized carbons (Fsp3) is 0.579. The van der Waals surface area contributed by atoms with Crippen LogP contribution in [0, 0.1) is 5.92 Å². The number of carbonyl (C=O) groups excluding carboxylic acids is 4. The number of hydrogen-bond donors (Lipinski definition) is 8. The standard InChI is InChI=1S/C19H31N7O7/c1-9(2)3-12(24-16(29)11(20)4-10-6-22-8-23-10)17(30)25-13(5-15(21)28)18(31)26-14(7-27)19(32)33/h6,8-9,11-14,27H,3-5,7,20H2,1-2H3,(H2,21,28)(H,22,23)(H,24,29)(H,25,30)(H,26,31)(H,32,33). The summed E-state index contributed by atoms with van der Waals surface area (Å²) >= 11 is 0. The van der Waals surface area contributed by atoms with E-state index in [1.165, 1.54) is 12.5 Å². The van der Waals surface area contributed by atoms with E-state index >= 15 is 0 Å². The highest BCUT2D eigenvalue weighted by Crippen LogP contribution is 2.07. The largest absolute Gasteiger partial charge is 0.480 e. The topological polar surface area (TPSA) is 243 Å². The van der Waals surface area contributed by atoms with Crippen molar-refractivity contribution in [2.45, 2.75) is 57.3 Å². The van der Waals surface area contributed by atoms with Gasteiger partial charge in [-0.1, -0.05) is 13.8 Å². The quantitative estimate of drug-likeness (QED) is 0.136. The number of aliphatic hydroxyl groups is 1. The molecule has 4 unspecified atom stereocenters. The fourth-order valence-corrected chi connectivity index (χ4v) is 2.85. The van der Waals surface area contributed by atoms with Crippen LogP contribution in [-0.4, -0.2) is 80.6 Å². The lowest BCUT2D eigenvalue weighted by molar-refractivity contribution is -0.143. The molecule has 0 bridgehead atoms. The number of imidazole rings is 1. The number of aromatic amines is 1. The molecule has 0 aliphatic carbocycles. The molecule has 0 spiro atoms. The maximum Gasteiger partial charge on any atom is 0.328 e. The second-order valence-electron chi connectivity index (χ2n) is 7.89. The number of nitrogens with one attached hydrogen (secondary N) is 4. The van der Waals surface area contributed by atoms with Crippen LogP contribution < -0.4 is 27.4 Å². The van der Waals surface area contributed by atoms with Crippen LogP contribution in [-0.2, 0) is 30.4 Å². The number of carbonyl (C=O) groups is 5. The van der Waals surface area contributed by atoms with Crippen molar-refractivity contribution in [3.8, 4) is 0 Å². The third-order valence-corrected chi connectivity index (χ3v) is 4.51. The Morgan fingerprint density at radius 3 is 2.09 bits per heavy atom. The Bertz CT molecular complexity index is 828. The lowest BCUT2D eigenvalue weighted by Gasteiger charge is -2.25. The molecular formula is C19H31N7O7. The number of aliphatic carboxylic acids is 1. The van der Waals surface area contributed by atoms with Gasteiger partial charge in [0.2, 0.25) is 23.6 Å². The van der Waals surface area contributed by atoms with E-state index in [1.54, 1.807) is 0 Å². The maximum atomic E-state index is 12.9. The predicted molar refractivity (Wildman–Crippen MR) is 114 cm³/mol. The Morgan fingerprint density at radius 1 is 1.03 bits per heavy atom. The summed E-state index contributed by atoms with van der Waals surface area (Å²) in [6, 6.07) is -5.25. The fourth-order valence-electron chi connectivity index (χ4n) is 2.85. The monoisotopic (exact) mass is 469 g/mol. The molecule has 0 radical (unpaired) electrons. The Morgan fingerprint density at radius 2 is 1.61 bits per heavy atom. The highest BCUT2D eigenvalue weighted by atomic mass is 16.4. The summed E-state index contributed by atoms with van der Waals surface area (Å²) in [6.45, 7) is 2.71. The molecule has 1 rings (SSSR count). The third-order valence-electron chi connectivity index (χ3n) is 4.51. The number of rotatable bonds is 14. The molecule has 1 aromatic rings. The van der Waals surface area contributed by atoms with Crippen LogP contribution in [0.3, 0.4) is 0 Å². The summed E-state index contributed by atoms with van der Waals surface area (Å²) in [4.78, 5) is 66.9. The van der Waals surface area contributed by atoms with Gasteiger partial charge >= 0.3 is 5.97 Å². The molecule has 0 saturated heterocycles. The van der Waals surface area contributed by atoms with Crippen LogP contribution >= 0.6 is 0 Å². The number of aliphatic hydroxyl groups excluding tert-OH is 1. The minimum absolute atomic E-state index is 0.0425. The van der Waals surface area contributed by atoms with E-state index in [2.05, 4.69) is 20.6 Å². The van der Waals surface area contributed by atoms with Gasteiger partial charge in [-0.2, -0.15) is 0 Å². The number of H-pyrrole nitrogens is 1. The van der Waals surface area contributed by atoms with Gasteiger partial charge in [-0.25, -0.2) is 9.78 Å². The number of carboxylic acids is 1. The molecule has 0 aromatic carbocycles. The average molecular weight is 469 g/mol. The summed E-state index contributed by atoms with van der Waals surface area (Å²) in [7, 11) is 0. The van der Waals surface area contributed by atoms with Crippen LogP contribution in [0.1, 0.15) is 32.4 Å². The molecule has 0 aliphatic rings. The average Bonchev–Trinajstić information content (AvgIpc) is 3.22. The molecule has 0 saturated carbocycles. The molecule has 0 aliphatic heterocycles. The van der Waals surface area contributed by atoms with E-state index < -0.39 is 66.8 Å². The molecule has 10 N–H and O–H groups in total. The minimum Gasteiger partial charge on any atom is -0.480 e. The Kier molecular flexibility index (Phi) is 10.9. The van der Waals surface area contributed by atoms with E-state index in [1.807, 2.05) is 19.2 Å². The first-order valence-corrected chi connectivity index (χ1v) is 10.2. The minimum atomic E-state index is -1.64. The van der Waals surface area contributed by atoms with Crippen LogP contribution in [0.25, 0.3) is 0 Å². The van der Waals surface area contributed by atoms with Crippen molar-refractivity contribution < 1.29 is 34.2 Å². The Labute approximate surface area is 189 Å². The van der Waals surface area contributed by atoms with E-state index in [0.717, 1.165) is 0 Å². The van der Waals surface area contributed by atoms with Gasteiger partial charge in [0.05, 0.1) is 25.4 Å². The number of nitrogens with two attached hydrogens (primary N) is 2. The molecule has 4 amide bonds. The van der Waals surface area contributed by atoms with Crippen LogP contribution in [0.2, 0.25) is 0 Å². The van der Waals surface area contributed by atoms with Crippen LogP contribution in [0.15, 0.2) is 12.5 Å². The molecule has 184 valence electrons. The lowest BCUT2D eigenvalue weighted by Crippen LogP contribution is -2.58. The van der Waals surface area contributed by atoms with Gasteiger partial charge in [-0.15, -0.1) is 0 Å². The van der Waals surface area contributed by atoms with Crippen molar-refractivity contribution in [2.24, 2.45) is 17.4 Å². The Balaban J connectivity index is 2.92. The van der Waals surface area contributed by atoms with Crippen molar-refractivity contribution in [3.05, 3.63) is 18.2 Å². The van der Waals surface area contributed by atoms with Gasteiger partial charge in [0, 0.05) is 18.3 Å². The third kappa shape index (κ3) is 9.65. The SMILES string of the molecule is CC(C)CC(NC(=O)C(N)Cc1cnc[nH]1)C(=O)NC(CC(N)=O)C(=O)NC(CO)C(=O)O. The second kappa shape index (κ2) is 13.1. The number of primary amides is 1. The highest BCUT2D eigenvalue weighted by molar-refractivity contribution is 5.96. The molecule has 33 heavy (non-hydrogen) atoms. The summed E-state index contributed by atoms with van der Waals surface area (Å²) in [6.07, 6.45) is 2.65. The maximum absolute atomic E-state index is 12.9. The van der Waals surface area contributed by atoms with Crippen LogP contribution in [0.5, 0.6) is 0 Å². The zero-order chi connectivity index (χ0) is 25.1. The number of carboxylic acid groups (broad SMARTS) is 1. The van der Waals surface area contributed by atoms with Gasteiger partial charge in [-0.3, -0.25) is 19.2 Å². The summed E-state index contributed by atoms with van der Waals surface area (Å²) in [5, 5.41) is 24.9. The predicted octanol–water partition coefficient (Wildman–Crippen LogP) is -3.27. The first-order valence-electron chi connectivity index (χ1n) is 10.2. The number of hydrogen-bond acceptors (Lipinski definition) is 8. The van der Waals surface area contributed by atoms with Crippen LogP contribution in [0.4, 0.5) is 0 Å². The molecule has 1 heterocycles. The van der Waals surface area contributed by atoms with Crippen molar-refractivity contribution in [1.82, 2.24) is 25.9 Å². The molecule has 0 fully saturated rings. The zero-order valence-electron chi connectivity index (χ0n) is 18.4. The van der Waals surface area contributed by atoms with Gasteiger partial charge in [0.1, 0.15) is 18.1 Å². The lowest BCUT2D eigenvalue weighted by atomic mass is 10.0. The van der Waals surface area contributed by atoms with Crippen molar-refractivity contribution in [2.75, 3.05) is 6.61 Å². The van der Waals surface area contributed by atoms with Crippen molar-refractivity contribution >= 4 is 29.6 Å². The van der Waals surface area contributed by atoms with E-state index in [9.17, 15) is 24.0 Å². The summed E-state index contributed by atoms with van der Waals surface area (Å²) in [5.41, 5.74) is 11.7. The number of nitrogens with zero attached hydrogens (tertiary/aromatic N) is 1. The molecule has 14 nitrogen and oxygen atoms in total. The van der Waals surface area contributed by atoms with Crippen molar-refractivity contribution in [3.63, 3.8) is 0 Å². The zero-order valence-corrected chi connectivity index (χ0v) is 18.4. The summed E-state index contributed by atoms with van der Waals surface area (Å²) < 4.78 is 0. The van der Waals surface area contributed by atoms with E-state index in [-0.39, 0.29) is 18.8 Å². The van der Waals surface area contributed by atoms with E-state index in [4.69, 9.17) is 21.7 Å². The van der Waals surface area contributed by atoms with Crippen molar-refractivity contribution in [1.29, 1.82) is 0 Å². The second-order valence-corrected chi connectivity index (χ2v) is 7.89.